The summed E-state index contributed by atoms with van der Waals surface area (Å²) in [5.74, 6) is 0.775. The van der Waals surface area contributed by atoms with E-state index in [1.807, 2.05) is 36.9 Å². The Labute approximate surface area is 144 Å². The van der Waals surface area contributed by atoms with E-state index in [-0.39, 0.29) is 17.9 Å². The Morgan fingerprint density at radius 3 is 2.50 bits per heavy atom. The van der Waals surface area contributed by atoms with Gasteiger partial charge in [-0.3, -0.25) is 4.79 Å². The number of carbonyl (C=O) groups is 1. The highest BCUT2D eigenvalue weighted by atomic mass is 16.3. The van der Waals surface area contributed by atoms with Gasteiger partial charge in [-0.25, -0.2) is 4.98 Å². The van der Waals surface area contributed by atoms with Crippen molar-refractivity contribution in [3.05, 3.63) is 53.7 Å². The van der Waals surface area contributed by atoms with Crippen molar-refractivity contribution in [2.45, 2.75) is 58.9 Å². The first-order valence-corrected chi connectivity index (χ1v) is 8.89. The van der Waals surface area contributed by atoms with Gasteiger partial charge in [-0.15, -0.1) is 0 Å². The molecular formula is C20H28N2O2. The maximum Gasteiger partial charge on any atom is 0.276 e. The van der Waals surface area contributed by atoms with Gasteiger partial charge in [0.05, 0.1) is 6.04 Å². The number of amides is 1. The van der Waals surface area contributed by atoms with Gasteiger partial charge in [0.1, 0.15) is 5.76 Å². The number of rotatable bonds is 8. The van der Waals surface area contributed by atoms with E-state index in [2.05, 4.69) is 31.0 Å². The maximum atomic E-state index is 13.2. The topological polar surface area (TPSA) is 46.3 Å². The molecule has 2 aromatic rings. The van der Waals surface area contributed by atoms with Crippen molar-refractivity contribution >= 4 is 5.91 Å². The zero-order valence-electron chi connectivity index (χ0n) is 15.2. The van der Waals surface area contributed by atoms with Crippen molar-refractivity contribution in [1.82, 2.24) is 9.88 Å². The molecule has 0 aliphatic carbocycles. The van der Waals surface area contributed by atoms with E-state index in [0.717, 1.165) is 25.8 Å². The van der Waals surface area contributed by atoms with Crippen LogP contribution in [0.1, 0.15) is 80.7 Å². The molecule has 1 aromatic carbocycles. The van der Waals surface area contributed by atoms with Gasteiger partial charge in [0.25, 0.3) is 5.91 Å². The Morgan fingerprint density at radius 2 is 1.92 bits per heavy atom. The van der Waals surface area contributed by atoms with Crippen molar-refractivity contribution in [3.63, 3.8) is 0 Å². The number of hydrogen-bond donors (Lipinski definition) is 0. The first kappa shape index (κ1) is 18.2. The van der Waals surface area contributed by atoms with Gasteiger partial charge in [-0.2, -0.15) is 0 Å². The van der Waals surface area contributed by atoms with Crippen LogP contribution in [0.5, 0.6) is 0 Å². The van der Waals surface area contributed by atoms with E-state index in [1.165, 1.54) is 12.0 Å². The minimum Gasteiger partial charge on any atom is -0.447 e. The summed E-state index contributed by atoms with van der Waals surface area (Å²) in [6.45, 7) is 9.02. The highest BCUT2D eigenvalue weighted by molar-refractivity contribution is 5.93. The molecule has 4 nitrogen and oxygen atoms in total. The molecule has 1 aromatic heterocycles. The second-order valence-electron chi connectivity index (χ2n) is 6.41. The van der Waals surface area contributed by atoms with Crippen LogP contribution in [-0.4, -0.2) is 22.3 Å². The molecule has 0 spiro atoms. The van der Waals surface area contributed by atoms with Gasteiger partial charge < -0.3 is 9.32 Å². The predicted octanol–water partition coefficient (Wildman–Crippen LogP) is 5.19. The molecule has 24 heavy (non-hydrogen) atoms. The van der Waals surface area contributed by atoms with E-state index < -0.39 is 0 Å². The smallest absolute Gasteiger partial charge is 0.276 e. The number of carbonyl (C=O) groups excluding carboxylic acids is 1. The lowest BCUT2D eigenvalue weighted by Gasteiger charge is -2.31. The highest BCUT2D eigenvalue weighted by Gasteiger charge is 2.29. The van der Waals surface area contributed by atoms with Gasteiger partial charge in [-0.05, 0) is 18.4 Å². The normalized spacial score (nSPS) is 12.4. The van der Waals surface area contributed by atoms with Crippen molar-refractivity contribution in [1.29, 1.82) is 0 Å². The Bertz CT molecular complexity index is 634. The third kappa shape index (κ3) is 4.05. The summed E-state index contributed by atoms with van der Waals surface area (Å²) < 4.78 is 5.46. The van der Waals surface area contributed by atoms with Crippen molar-refractivity contribution in [2.24, 2.45) is 0 Å². The van der Waals surface area contributed by atoms with E-state index >= 15 is 0 Å². The van der Waals surface area contributed by atoms with E-state index in [1.54, 1.807) is 0 Å². The molecule has 1 atom stereocenters. The minimum absolute atomic E-state index is 0.0309. The van der Waals surface area contributed by atoms with Crippen LogP contribution in [0.15, 0.2) is 41.1 Å². The number of oxazole rings is 1. The molecule has 0 fully saturated rings. The fraction of sp³-hybridized carbons (Fsp3) is 0.500. The number of nitrogens with zero attached hydrogens (tertiary/aromatic N) is 2. The lowest BCUT2D eigenvalue weighted by atomic mass is 10.0. The number of benzene rings is 1. The Kier molecular flexibility index (Phi) is 6.59. The summed E-state index contributed by atoms with van der Waals surface area (Å²) in [6, 6.07) is 10.3. The molecule has 0 saturated heterocycles. The lowest BCUT2D eigenvalue weighted by molar-refractivity contribution is 0.0659. The second kappa shape index (κ2) is 8.67. The average molecular weight is 328 g/mol. The molecule has 1 unspecified atom stereocenters. The summed E-state index contributed by atoms with van der Waals surface area (Å²) >= 11 is 0. The monoisotopic (exact) mass is 328 g/mol. The van der Waals surface area contributed by atoms with Gasteiger partial charge in [0.2, 0.25) is 0 Å². The molecule has 1 amide bonds. The molecule has 130 valence electrons. The Hall–Kier alpha value is -2.10. The van der Waals surface area contributed by atoms with Crippen LogP contribution in [0.4, 0.5) is 0 Å². The first-order valence-electron chi connectivity index (χ1n) is 8.89. The summed E-state index contributed by atoms with van der Waals surface area (Å²) in [4.78, 5) is 19.4. The van der Waals surface area contributed by atoms with Crippen molar-refractivity contribution < 1.29 is 9.21 Å². The van der Waals surface area contributed by atoms with Crippen LogP contribution >= 0.6 is 0 Å². The molecule has 1 heterocycles. The van der Waals surface area contributed by atoms with Gasteiger partial charge in [0, 0.05) is 12.5 Å². The van der Waals surface area contributed by atoms with Crippen LogP contribution in [0.25, 0.3) is 0 Å². The fourth-order valence-electron chi connectivity index (χ4n) is 3.00. The second-order valence-corrected chi connectivity index (χ2v) is 6.41. The van der Waals surface area contributed by atoms with Crippen LogP contribution in [-0.2, 0) is 0 Å². The predicted molar refractivity (Wildman–Crippen MR) is 96.0 cm³/mol. The van der Waals surface area contributed by atoms with Crippen molar-refractivity contribution in [3.8, 4) is 0 Å². The largest absolute Gasteiger partial charge is 0.447 e. The number of aromatic nitrogens is 1. The van der Waals surface area contributed by atoms with Gasteiger partial charge in [0.15, 0.2) is 12.1 Å². The quantitative estimate of drug-likeness (QED) is 0.670. The number of unbranched alkanes of at least 4 members (excludes halogenated alkanes) is 1. The summed E-state index contributed by atoms with van der Waals surface area (Å²) in [7, 11) is 0. The third-order valence-corrected chi connectivity index (χ3v) is 4.28. The average Bonchev–Trinajstić information content (AvgIpc) is 3.09. The van der Waals surface area contributed by atoms with Gasteiger partial charge in [-0.1, -0.05) is 64.4 Å². The summed E-state index contributed by atoms with van der Waals surface area (Å²) in [6.07, 6.45) is 4.27. The molecule has 0 aliphatic rings. The standard InChI is InChI=1S/C20H28N2O2/c1-5-7-13-22(17(6-2)16-11-9-8-10-12-16)20(23)18-19(15(3)4)24-14-21-18/h8-12,14-15,17H,5-7,13H2,1-4H3. The third-order valence-electron chi connectivity index (χ3n) is 4.28. The van der Waals surface area contributed by atoms with Crippen LogP contribution < -0.4 is 0 Å². The first-order chi connectivity index (χ1) is 11.6. The lowest BCUT2D eigenvalue weighted by Crippen LogP contribution is -2.36. The minimum atomic E-state index is -0.0309. The molecule has 0 saturated carbocycles. The molecule has 0 radical (unpaired) electrons. The molecule has 4 heteroatoms. The van der Waals surface area contributed by atoms with Crippen molar-refractivity contribution in [2.75, 3.05) is 6.54 Å². The SMILES string of the molecule is CCCCN(C(=O)c1ncoc1C(C)C)C(CC)c1ccccc1. The molecule has 2 rings (SSSR count). The van der Waals surface area contributed by atoms with Crippen LogP contribution in [0.3, 0.4) is 0 Å². The van der Waals surface area contributed by atoms with E-state index in [4.69, 9.17) is 4.42 Å². The van der Waals surface area contributed by atoms with Crippen LogP contribution in [0.2, 0.25) is 0 Å². The summed E-state index contributed by atoms with van der Waals surface area (Å²) in [5, 5.41) is 0. The highest BCUT2D eigenvalue weighted by Crippen LogP contribution is 2.28. The molecular weight excluding hydrogens is 300 g/mol. The zero-order valence-corrected chi connectivity index (χ0v) is 15.2. The maximum absolute atomic E-state index is 13.2. The summed E-state index contributed by atoms with van der Waals surface area (Å²) in [5.41, 5.74) is 1.62. The van der Waals surface area contributed by atoms with Gasteiger partial charge >= 0.3 is 0 Å². The number of hydrogen-bond acceptors (Lipinski definition) is 3. The van der Waals surface area contributed by atoms with Crippen LogP contribution in [0, 0.1) is 0 Å². The molecule has 0 bridgehead atoms. The van der Waals surface area contributed by atoms with E-state index in [0.29, 0.717) is 11.5 Å². The Morgan fingerprint density at radius 1 is 1.21 bits per heavy atom. The zero-order chi connectivity index (χ0) is 17.5. The molecule has 0 N–H and O–H groups in total. The van der Waals surface area contributed by atoms with E-state index in [9.17, 15) is 4.79 Å². The Balaban J connectivity index is 2.36. The fourth-order valence-corrected chi connectivity index (χ4v) is 3.00. The molecule has 0 aliphatic heterocycles.